The van der Waals surface area contributed by atoms with Crippen molar-refractivity contribution in [1.82, 2.24) is 10.2 Å². The number of nitrogens with one attached hydrogen (secondary N) is 1. The van der Waals surface area contributed by atoms with Gasteiger partial charge in [-0.3, -0.25) is 9.69 Å². The van der Waals surface area contributed by atoms with Crippen LogP contribution >= 0.6 is 0 Å². The van der Waals surface area contributed by atoms with E-state index >= 15 is 0 Å². The molecule has 0 aromatic carbocycles. The first-order chi connectivity index (χ1) is 12.0. The van der Waals surface area contributed by atoms with E-state index in [1.54, 1.807) is 6.26 Å². The SMILES string of the molecule is CC1CCC(NC(=O)CN2C3CCC2CC(O)(c2ccco2)C3)CC1. The van der Waals surface area contributed by atoms with Crippen LogP contribution < -0.4 is 5.32 Å². The second-order valence-electron chi connectivity index (χ2n) is 8.50. The van der Waals surface area contributed by atoms with Crippen LogP contribution in [0.4, 0.5) is 0 Å². The van der Waals surface area contributed by atoms with Gasteiger partial charge in [0, 0.05) is 18.1 Å². The Morgan fingerprint density at radius 2 is 1.92 bits per heavy atom. The minimum Gasteiger partial charge on any atom is -0.466 e. The molecular formula is C20H30N2O3. The molecule has 2 atom stereocenters. The van der Waals surface area contributed by atoms with Crippen molar-refractivity contribution in [2.75, 3.05) is 6.54 Å². The predicted molar refractivity (Wildman–Crippen MR) is 94.9 cm³/mol. The lowest BCUT2D eigenvalue weighted by atomic mass is 9.84. The summed E-state index contributed by atoms with van der Waals surface area (Å²) in [5.74, 6) is 1.62. The fourth-order valence-corrected chi connectivity index (χ4v) is 5.16. The van der Waals surface area contributed by atoms with Crippen molar-refractivity contribution in [1.29, 1.82) is 0 Å². The Hall–Kier alpha value is -1.33. The summed E-state index contributed by atoms with van der Waals surface area (Å²) in [5.41, 5.74) is -0.873. The van der Waals surface area contributed by atoms with Crippen LogP contribution in [0.15, 0.2) is 22.8 Å². The zero-order chi connectivity index (χ0) is 17.4. The largest absolute Gasteiger partial charge is 0.466 e. The zero-order valence-corrected chi connectivity index (χ0v) is 15.1. The number of aliphatic hydroxyl groups is 1. The third-order valence-electron chi connectivity index (χ3n) is 6.60. The molecule has 4 rings (SSSR count). The number of hydrogen-bond donors (Lipinski definition) is 2. The number of amides is 1. The first-order valence-corrected chi connectivity index (χ1v) is 9.85. The third kappa shape index (κ3) is 3.49. The first-order valence-electron chi connectivity index (χ1n) is 9.85. The molecule has 1 aliphatic carbocycles. The Morgan fingerprint density at radius 1 is 1.24 bits per heavy atom. The first kappa shape index (κ1) is 17.1. The van der Waals surface area contributed by atoms with Gasteiger partial charge in [0.1, 0.15) is 11.4 Å². The van der Waals surface area contributed by atoms with E-state index < -0.39 is 5.60 Å². The maximum Gasteiger partial charge on any atom is 0.234 e. The lowest BCUT2D eigenvalue weighted by Crippen LogP contribution is -2.53. The van der Waals surface area contributed by atoms with Gasteiger partial charge in [-0.05, 0) is 69.4 Å². The van der Waals surface area contributed by atoms with Crippen molar-refractivity contribution in [3.63, 3.8) is 0 Å². The maximum absolute atomic E-state index is 12.5. The zero-order valence-electron chi connectivity index (χ0n) is 15.1. The number of rotatable bonds is 4. The van der Waals surface area contributed by atoms with Gasteiger partial charge in [0.2, 0.25) is 5.91 Å². The Bertz CT molecular complexity index is 578. The van der Waals surface area contributed by atoms with E-state index in [9.17, 15) is 9.90 Å². The molecule has 2 aliphatic heterocycles. The van der Waals surface area contributed by atoms with Gasteiger partial charge in [-0.2, -0.15) is 0 Å². The van der Waals surface area contributed by atoms with Crippen molar-refractivity contribution >= 4 is 5.91 Å². The molecule has 2 saturated heterocycles. The summed E-state index contributed by atoms with van der Waals surface area (Å²) in [4.78, 5) is 14.9. The molecule has 0 spiro atoms. The molecule has 1 aromatic heterocycles. The lowest BCUT2D eigenvalue weighted by molar-refractivity contribution is -0.127. The van der Waals surface area contributed by atoms with Crippen LogP contribution in [0.25, 0.3) is 0 Å². The standard InChI is InChI=1S/C20H30N2O3/c1-14-4-6-15(7-5-14)21-19(23)13-22-16-8-9-17(22)12-20(24,11-16)18-3-2-10-25-18/h2-3,10,14-17,24H,4-9,11-13H2,1H3,(H,21,23). The molecule has 1 saturated carbocycles. The number of piperidine rings is 1. The molecule has 2 unspecified atom stereocenters. The number of fused-ring (bicyclic) bond motifs is 2. The molecule has 2 N–H and O–H groups in total. The maximum atomic E-state index is 12.5. The van der Waals surface area contributed by atoms with Gasteiger partial charge in [0.15, 0.2) is 0 Å². The highest BCUT2D eigenvalue weighted by Gasteiger charge is 2.49. The highest BCUT2D eigenvalue weighted by Crippen LogP contribution is 2.45. The molecule has 25 heavy (non-hydrogen) atoms. The fourth-order valence-electron chi connectivity index (χ4n) is 5.16. The van der Waals surface area contributed by atoms with Crippen molar-refractivity contribution in [3.8, 4) is 0 Å². The number of nitrogens with zero attached hydrogens (tertiary/aromatic N) is 1. The molecule has 3 fully saturated rings. The van der Waals surface area contributed by atoms with Gasteiger partial charge >= 0.3 is 0 Å². The van der Waals surface area contributed by atoms with E-state index in [-0.39, 0.29) is 18.0 Å². The average molecular weight is 346 g/mol. The topological polar surface area (TPSA) is 65.7 Å². The predicted octanol–water partition coefficient (Wildman–Crippen LogP) is 2.79. The Labute approximate surface area is 149 Å². The second kappa shape index (κ2) is 6.76. The normalized spacial score (nSPS) is 38.6. The Morgan fingerprint density at radius 3 is 2.52 bits per heavy atom. The molecule has 3 aliphatic rings. The highest BCUT2D eigenvalue weighted by molar-refractivity contribution is 5.78. The van der Waals surface area contributed by atoms with Crippen molar-refractivity contribution in [2.45, 2.75) is 82.0 Å². The number of carbonyl (C=O) groups is 1. The number of carbonyl (C=O) groups excluding carboxylic acids is 1. The molecule has 5 heteroatoms. The van der Waals surface area contributed by atoms with Gasteiger partial charge in [0.05, 0.1) is 12.8 Å². The van der Waals surface area contributed by atoms with Crippen LogP contribution in [0.3, 0.4) is 0 Å². The third-order valence-corrected chi connectivity index (χ3v) is 6.60. The average Bonchev–Trinajstić information content (AvgIpc) is 3.19. The minimum absolute atomic E-state index is 0.153. The molecular weight excluding hydrogens is 316 g/mol. The van der Waals surface area contributed by atoms with Crippen LogP contribution in [0.2, 0.25) is 0 Å². The number of hydrogen-bond acceptors (Lipinski definition) is 4. The van der Waals surface area contributed by atoms with Gasteiger partial charge < -0.3 is 14.8 Å². The van der Waals surface area contributed by atoms with Gasteiger partial charge in [-0.15, -0.1) is 0 Å². The van der Waals surface area contributed by atoms with E-state index in [0.717, 1.165) is 31.6 Å². The van der Waals surface area contributed by atoms with Gasteiger partial charge in [0.25, 0.3) is 0 Å². The number of furan rings is 1. The molecule has 138 valence electrons. The summed E-state index contributed by atoms with van der Waals surface area (Å²) < 4.78 is 5.48. The second-order valence-corrected chi connectivity index (χ2v) is 8.50. The molecule has 3 heterocycles. The van der Waals surface area contributed by atoms with Crippen LogP contribution in [0.1, 0.15) is 64.1 Å². The molecule has 1 amide bonds. The summed E-state index contributed by atoms with van der Waals surface area (Å²) in [7, 11) is 0. The summed E-state index contributed by atoms with van der Waals surface area (Å²) in [6.07, 6.45) is 9.71. The van der Waals surface area contributed by atoms with Crippen molar-refractivity contribution < 1.29 is 14.3 Å². The lowest BCUT2D eigenvalue weighted by Gasteiger charge is -2.42. The molecule has 5 nitrogen and oxygen atoms in total. The minimum atomic E-state index is -0.873. The van der Waals surface area contributed by atoms with E-state index in [0.29, 0.717) is 31.2 Å². The van der Waals surface area contributed by atoms with E-state index in [4.69, 9.17) is 4.42 Å². The summed E-state index contributed by atoms with van der Waals surface area (Å²) in [6.45, 7) is 2.76. The van der Waals surface area contributed by atoms with Crippen LogP contribution in [0, 0.1) is 5.92 Å². The van der Waals surface area contributed by atoms with E-state index in [1.807, 2.05) is 12.1 Å². The monoisotopic (exact) mass is 346 g/mol. The summed E-state index contributed by atoms with van der Waals surface area (Å²) in [5, 5.41) is 14.3. The fraction of sp³-hybridized carbons (Fsp3) is 0.750. The molecule has 1 aromatic rings. The van der Waals surface area contributed by atoms with Gasteiger partial charge in [-0.1, -0.05) is 6.92 Å². The van der Waals surface area contributed by atoms with Crippen molar-refractivity contribution in [2.24, 2.45) is 5.92 Å². The highest BCUT2D eigenvalue weighted by atomic mass is 16.4. The molecule has 2 bridgehead atoms. The quantitative estimate of drug-likeness (QED) is 0.880. The van der Waals surface area contributed by atoms with E-state index in [2.05, 4.69) is 17.1 Å². The smallest absolute Gasteiger partial charge is 0.234 e. The molecule has 0 radical (unpaired) electrons. The van der Waals surface area contributed by atoms with Crippen LogP contribution in [-0.4, -0.2) is 40.6 Å². The summed E-state index contributed by atoms with van der Waals surface area (Å²) in [6, 6.07) is 4.59. The van der Waals surface area contributed by atoms with Crippen LogP contribution in [-0.2, 0) is 10.4 Å². The Kier molecular flexibility index (Phi) is 4.63. The van der Waals surface area contributed by atoms with Crippen molar-refractivity contribution in [3.05, 3.63) is 24.2 Å². The van der Waals surface area contributed by atoms with Gasteiger partial charge in [-0.25, -0.2) is 0 Å². The van der Waals surface area contributed by atoms with Crippen LogP contribution in [0.5, 0.6) is 0 Å². The summed E-state index contributed by atoms with van der Waals surface area (Å²) >= 11 is 0. The van der Waals surface area contributed by atoms with E-state index in [1.165, 1.54) is 12.8 Å². The Balaban J connectivity index is 1.34.